The lowest BCUT2D eigenvalue weighted by molar-refractivity contribution is -0.113. The molecule has 0 radical (unpaired) electrons. The van der Waals surface area contributed by atoms with Crippen LogP contribution in [0.15, 0.2) is 41.2 Å². The van der Waals surface area contributed by atoms with Gasteiger partial charge in [-0.25, -0.2) is 0 Å². The van der Waals surface area contributed by atoms with E-state index in [9.17, 15) is 14.4 Å². The number of anilines is 1. The largest absolute Gasteiger partial charge is 0.497 e. The summed E-state index contributed by atoms with van der Waals surface area (Å²) in [6, 6.07) is 10.3. The van der Waals surface area contributed by atoms with E-state index in [0.29, 0.717) is 42.4 Å². The zero-order valence-electron chi connectivity index (χ0n) is 17.1. The Morgan fingerprint density at radius 2 is 1.90 bits per heavy atom. The van der Waals surface area contributed by atoms with Gasteiger partial charge in [-0.2, -0.15) is 11.8 Å². The smallest absolute Gasteiger partial charge is 0.253 e. The molecule has 3 heterocycles. The summed E-state index contributed by atoms with van der Waals surface area (Å²) in [5, 5.41) is 2.95. The van der Waals surface area contributed by atoms with Crippen LogP contribution in [-0.2, 0) is 11.3 Å². The van der Waals surface area contributed by atoms with Gasteiger partial charge in [-0.1, -0.05) is 0 Å². The number of aromatic nitrogens is 1. The average molecular weight is 428 g/mol. The number of nitrogens with one attached hydrogen (secondary N) is 1. The van der Waals surface area contributed by atoms with Crippen molar-refractivity contribution in [3.63, 3.8) is 0 Å². The number of pyridine rings is 1. The van der Waals surface area contributed by atoms with Crippen LogP contribution in [0.5, 0.6) is 5.75 Å². The third kappa shape index (κ3) is 3.96. The van der Waals surface area contributed by atoms with E-state index in [0.717, 1.165) is 12.1 Å². The van der Waals surface area contributed by atoms with Crippen molar-refractivity contribution in [1.29, 1.82) is 0 Å². The number of likely N-dealkylation sites (tertiary alicyclic amines) is 1. The van der Waals surface area contributed by atoms with Crippen LogP contribution in [0, 0.1) is 5.92 Å². The Labute approximate surface area is 179 Å². The fraction of sp³-hybridized carbons (Fsp3) is 0.409. The van der Waals surface area contributed by atoms with Gasteiger partial charge in [0.15, 0.2) is 0 Å². The molecule has 7 nitrogen and oxygen atoms in total. The quantitative estimate of drug-likeness (QED) is 0.793. The van der Waals surface area contributed by atoms with E-state index in [1.54, 1.807) is 42.0 Å². The standard InChI is InChI=1S/C22H25N3O4S/c1-29-17-5-3-15(4-6-17)22(28)24-10-14-9-16(12-24)21-18(23-19(26)13-30-2)7-8-20(27)25(21)11-14/h3-8,14,16H,9-13H2,1-2H3,(H,23,26)/t14-,16-/m1/s1. The molecule has 2 aliphatic heterocycles. The summed E-state index contributed by atoms with van der Waals surface area (Å²) >= 11 is 1.45. The normalized spacial score (nSPS) is 19.7. The maximum absolute atomic E-state index is 13.1. The first-order chi connectivity index (χ1) is 14.5. The van der Waals surface area contributed by atoms with Crippen LogP contribution in [0.3, 0.4) is 0 Å². The number of thioether (sulfide) groups is 1. The highest BCUT2D eigenvalue weighted by Crippen LogP contribution is 2.39. The van der Waals surface area contributed by atoms with Crippen molar-refractivity contribution in [1.82, 2.24) is 9.47 Å². The summed E-state index contributed by atoms with van der Waals surface area (Å²) in [4.78, 5) is 39.7. The maximum atomic E-state index is 13.1. The molecule has 8 heteroatoms. The van der Waals surface area contributed by atoms with Gasteiger partial charge in [0.2, 0.25) is 5.91 Å². The zero-order valence-corrected chi connectivity index (χ0v) is 17.9. The van der Waals surface area contributed by atoms with Crippen molar-refractivity contribution < 1.29 is 14.3 Å². The molecule has 0 saturated carbocycles. The summed E-state index contributed by atoms with van der Waals surface area (Å²) in [5.74, 6) is 1.18. The van der Waals surface area contributed by atoms with Crippen molar-refractivity contribution in [3.8, 4) is 5.75 Å². The van der Waals surface area contributed by atoms with Gasteiger partial charge in [0.25, 0.3) is 11.5 Å². The van der Waals surface area contributed by atoms with E-state index < -0.39 is 0 Å². The lowest BCUT2D eigenvalue weighted by atomic mass is 9.82. The predicted octanol–water partition coefficient (Wildman–Crippen LogP) is 2.42. The molecule has 2 aliphatic rings. The van der Waals surface area contributed by atoms with Crippen LogP contribution >= 0.6 is 11.8 Å². The fourth-order valence-corrected chi connectivity index (χ4v) is 4.85. The van der Waals surface area contributed by atoms with Gasteiger partial charge in [-0.3, -0.25) is 14.4 Å². The highest BCUT2D eigenvalue weighted by atomic mass is 32.2. The number of piperidine rings is 1. The van der Waals surface area contributed by atoms with Crippen molar-refractivity contribution in [3.05, 3.63) is 58.0 Å². The first kappa shape index (κ1) is 20.5. The molecule has 2 aromatic rings. The number of ether oxygens (including phenoxy) is 1. The van der Waals surface area contributed by atoms with Gasteiger partial charge in [0.1, 0.15) is 5.75 Å². The molecule has 2 amide bonds. The molecule has 1 fully saturated rings. The summed E-state index contributed by atoms with van der Waals surface area (Å²) in [6.07, 6.45) is 2.78. The van der Waals surface area contributed by atoms with E-state index in [1.807, 2.05) is 11.2 Å². The Kier molecular flexibility index (Phi) is 5.85. The Bertz CT molecular complexity index is 1020. The second-order valence-electron chi connectivity index (χ2n) is 7.80. The number of nitrogens with zero attached hydrogens (tertiary/aromatic N) is 2. The molecule has 0 spiro atoms. The Hall–Kier alpha value is -2.74. The van der Waals surface area contributed by atoms with Gasteiger partial charge in [0.05, 0.1) is 18.6 Å². The first-order valence-electron chi connectivity index (χ1n) is 9.96. The first-order valence-corrected chi connectivity index (χ1v) is 11.4. The van der Waals surface area contributed by atoms with E-state index in [1.165, 1.54) is 17.8 Å². The number of hydrogen-bond donors (Lipinski definition) is 1. The number of fused-ring (bicyclic) bond motifs is 4. The number of carbonyl (C=O) groups is 2. The number of benzene rings is 1. The van der Waals surface area contributed by atoms with Gasteiger partial charge in [-0.15, -0.1) is 0 Å². The molecule has 2 atom stereocenters. The number of methoxy groups -OCH3 is 1. The van der Waals surface area contributed by atoms with Crippen LogP contribution in [0.1, 0.15) is 28.4 Å². The second kappa shape index (κ2) is 8.55. The minimum atomic E-state index is -0.0898. The van der Waals surface area contributed by atoms with Crippen LogP contribution < -0.4 is 15.6 Å². The molecule has 0 aliphatic carbocycles. The van der Waals surface area contributed by atoms with Crippen molar-refractivity contribution >= 4 is 29.3 Å². The van der Waals surface area contributed by atoms with Crippen molar-refractivity contribution in [2.75, 3.05) is 37.5 Å². The number of carbonyl (C=O) groups excluding carboxylic acids is 2. The molecule has 0 unspecified atom stereocenters. The van der Waals surface area contributed by atoms with E-state index in [-0.39, 0.29) is 29.2 Å². The minimum Gasteiger partial charge on any atom is -0.497 e. The van der Waals surface area contributed by atoms with Gasteiger partial charge < -0.3 is 19.5 Å². The Balaban J connectivity index is 1.61. The van der Waals surface area contributed by atoms with Crippen LogP contribution in [0.2, 0.25) is 0 Å². The molecule has 1 N–H and O–H groups in total. The predicted molar refractivity (Wildman–Crippen MR) is 117 cm³/mol. The van der Waals surface area contributed by atoms with Crippen molar-refractivity contribution in [2.45, 2.75) is 18.9 Å². The monoisotopic (exact) mass is 427 g/mol. The molecule has 30 heavy (non-hydrogen) atoms. The lowest BCUT2D eigenvalue weighted by Crippen LogP contribution is -2.49. The summed E-state index contributed by atoms with van der Waals surface area (Å²) in [6.45, 7) is 1.70. The minimum absolute atomic E-state index is 0.0122. The molecule has 1 saturated heterocycles. The van der Waals surface area contributed by atoms with Gasteiger partial charge in [-0.05, 0) is 48.9 Å². The van der Waals surface area contributed by atoms with E-state index in [4.69, 9.17) is 4.74 Å². The maximum Gasteiger partial charge on any atom is 0.253 e. The third-order valence-corrected chi connectivity index (χ3v) is 6.31. The average Bonchev–Trinajstić information content (AvgIpc) is 2.75. The number of rotatable bonds is 5. The third-order valence-electron chi connectivity index (χ3n) is 5.76. The zero-order chi connectivity index (χ0) is 21.3. The fourth-order valence-electron chi connectivity index (χ4n) is 4.52. The molecular weight excluding hydrogens is 402 g/mol. The van der Waals surface area contributed by atoms with Gasteiger partial charge in [0, 0.05) is 42.9 Å². The summed E-state index contributed by atoms with van der Waals surface area (Å²) < 4.78 is 6.95. The second-order valence-corrected chi connectivity index (χ2v) is 8.67. The molecule has 158 valence electrons. The Morgan fingerprint density at radius 1 is 1.13 bits per heavy atom. The molecule has 4 rings (SSSR count). The van der Waals surface area contributed by atoms with Crippen LogP contribution in [-0.4, -0.2) is 53.5 Å². The number of amides is 2. The highest BCUT2D eigenvalue weighted by molar-refractivity contribution is 7.99. The van der Waals surface area contributed by atoms with Gasteiger partial charge >= 0.3 is 0 Å². The molecule has 2 bridgehead atoms. The van der Waals surface area contributed by atoms with Crippen LogP contribution in [0.25, 0.3) is 0 Å². The summed E-state index contributed by atoms with van der Waals surface area (Å²) in [5.41, 5.74) is 2.07. The molecular formula is C22H25N3O4S. The van der Waals surface area contributed by atoms with E-state index >= 15 is 0 Å². The summed E-state index contributed by atoms with van der Waals surface area (Å²) in [7, 11) is 1.59. The van der Waals surface area contributed by atoms with Crippen LogP contribution in [0.4, 0.5) is 5.69 Å². The highest BCUT2D eigenvalue weighted by Gasteiger charge is 2.38. The topological polar surface area (TPSA) is 80.6 Å². The number of hydrogen-bond acceptors (Lipinski definition) is 5. The molecule has 1 aromatic heterocycles. The SMILES string of the molecule is COc1ccc(C(=O)N2C[C@H]3C[C@H](C2)c2c(NC(=O)CSC)ccc(=O)n2C3)cc1. The molecule has 1 aromatic carbocycles. The van der Waals surface area contributed by atoms with E-state index in [2.05, 4.69) is 5.32 Å². The van der Waals surface area contributed by atoms with Crippen molar-refractivity contribution in [2.24, 2.45) is 5.92 Å². The Morgan fingerprint density at radius 3 is 2.60 bits per heavy atom. The lowest BCUT2D eigenvalue weighted by Gasteiger charge is -2.43.